The van der Waals surface area contributed by atoms with Gasteiger partial charge in [-0.1, -0.05) is 24.3 Å². The van der Waals surface area contributed by atoms with Crippen molar-refractivity contribution in [2.75, 3.05) is 32.4 Å². The van der Waals surface area contributed by atoms with E-state index in [9.17, 15) is 31.6 Å². The average molecular weight is 638 g/mol. The van der Waals surface area contributed by atoms with Crippen LogP contribution in [0, 0.1) is 23.5 Å². The highest BCUT2D eigenvalue weighted by molar-refractivity contribution is 7.89. The van der Waals surface area contributed by atoms with E-state index in [0.29, 0.717) is 44.0 Å². The van der Waals surface area contributed by atoms with Gasteiger partial charge in [0.25, 0.3) is 5.91 Å². The molecule has 3 aromatic rings. The van der Waals surface area contributed by atoms with Crippen molar-refractivity contribution in [3.8, 4) is 0 Å². The fraction of sp³-hybridized carbons (Fsp3) is 0.412. The smallest absolute Gasteiger partial charge is 0.272 e. The molecule has 45 heavy (non-hydrogen) atoms. The molecule has 0 radical (unpaired) electrons. The van der Waals surface area contributed by atoms with Crippen LogP contribution < -0.4 is 0 Å². The number of hydrogen-bond donors (Lipinski definition) is 0. The third-order valence-corrected chi connectivity index (χ3v) is 9.55. The second-order valence-corrected chi connectivity index (χ2v) is 14.4. The molecule has 0 saturated carbocycles. The summed E-state index contributed by atoms with van der Waals surface area (Å²) in [7, 11) is -3.06. The second-order valence-electron chi connectivity index (χ2n) is 12.2. The molecule has 0 bridgehead atoms. The molecule has 2 aliphatic heterocycles. The number of Topliss-reactive ketones (excluding diaryl/α,β-unsaturated/α-hetero) is 2. The van der Waals surface area contributed by atoms with E-state index < -0.39 is 27.4 Å². The normalized spacial score (nSPS) is 16.9. The number of ketones is 2. The van der Waals surface area contributed by atoms with Crippen molar-refractivity contribution in [3.63, 3.8) is 0 Å². The molecular weight excluding hydrogens is 600 g/mol. The maximum absolute atomic E-state index is 14.1. The van der Waals surface area contributed by atoms with Gasteiger partial charge in [-0.25, -0.2) is 17.2 Å². The third-order valence-electron chi connectivity index (χ3n) is 8.69. The molecule has 2 saturated heterocycles. The van der Waals surface area contributed by atoms with Gasteiger partial charge in [0.05, 0.1) is 11.3 Å². The topological polar surface area (TPSA) is 105 Å². The summed E-state index contributed by atoms with van der Waals surface area (Å²) in [4.78, 5) is 47.0. The lowest BCUT2D eigenvalue weighted by molar-refractivity contribution is 0.0644. The van der Waals surface area contributed by atoms with Crippen molar-refractivity contribution in [3.05, 3.63) is 100 Å². The maximum atomic E-state index is 14.1. The molecule has 11 heteroatoms. The summed E-state index contributed by atoms with van der Waals surface area (Å²) in [5, 5.41) is 0. The SMILES string of the molecule is CS(=O)(=O)Cc1ccc(CN2CCC(CC(=O)c3ccc(C(=O)N4CCC(C(=O)c5ccc(F)cc5F)CC4)nc3)CC2)cc1. The summed E-state index contributed by atoms with van der Waals surface area (Å²) in [5.74, 6) is -2.45. The van der Waals surface area contributed by atoms with Gasteiger partial charge in [0.1, 0.15) is 17.3 Å². The first-order valence-electron chi connectivity index (χ1n) is 15.2. The molecule has 3 heterocycles. The summed E-state index contributed by atoms with van der Waals surface area (Å²) in [5.41, 5.74) is 2.46. The number of benzene rings is 2. The Bertz CT molecular complexity index is 1650. The van der Waals surface area contributed by atoms with E-state index in [1.165, 1.54) is 12.5 Å². The van der Waals surface area contributed by atoms with Crippen LogP contribution in [0.5, 0.6) is 0 Å². The number of aromatic nitrogens is 1. The average Bonchev–Trinajstić information content (AvgIpc) is 3.02. The maximum Gasteiger partial charge on any atom is 0.272 e. The van der Waals surface area contributed by atoms with Gasteiger partial charge in [-0.2, -0.15) is 0 Å². The lowest BCUT2D eigenvalue weighted by Gasteiger charge is -2.31. The number of nitrogens with zero attached hydrogens (tertiary/aromatic N) is 3. The zero-order chi connectivity index (χ0) is 32.1. The highest BCUT2D eigenvalue weighted by atomic mass is 32.2. The van der Waals surface area contributed by atoms with Gasteiger partial charge >= 0.3 is 0 Å². The first-order valence-corrected chi connectivity index (χ1v) is 17.3. The molecule has 8 nitrogen and oxygen atoms in total. The van der Waals surface area contributed by atoms with Crippen molar-refractivity contribution >= 4 is 27.3 Å². The summed E-state index contributed by atoms with van der Waals surface area (Å²) in [6.07, 6.45) is 5.63. The monoisotopic (exact) mass is 637 g/mol. The number of carbonyl (C=O) groups is 3. The van der Waals surface area contributed by atoms with Crippen molar-refractivity contribution < 1.29 is 31.6 Å². The summed E-state index contributed by atoms with van der Waals surface area (Å²) in [6, 6.07) is 13.8. The van der Waals surface area contributed by atoms with Crippen LogP contribution in [-0.4, -0.2) is 73.1 Å². The Balaban J connectivity index is 1.06. The molecule has 5 rings (SSSR count). The van der Waals surface area contributed by atoms with Crippen LogP contribution in [0.3, 0.4) is 0 Å². The molecule has 2 aliphatic rings. The molecule has 2 fully saturated rings. The lowest BCUT2D eigenvalue weighted by atomic mass is 9.88. The number of hydrogen-bond acceptors (Lipinski definition) is 7. The number of likely N-dealkylation sites (tertiary alicyclic amines) is 2. The van der Waals surface area contributed by atoms with Gasteiger partial charge in [-0.3, -0.25) is 24.3 Å². The summed E-state index contributed by atoms with van der Waals surface area (Å²) >= 11 is 0. The van der Waals surface area contributed by atoms with Crippen LogP contribution in [0.4, 0.5) is 8.78 Å². The van der Waals surface area contributed by atoms with Gasteiger partial charge in [0.2, 0.25) is 0 Å². The molecule has 2 aromatic carbocycles. The standard InChI is InChI=1S/C34H37F2N3O5S/c1-45(43,44)22-25-4-2-24(3-5-25)21-38-14-10-23(11-15-38)18-32(40)27-6-9-31(37-20-27)34(42)39-16-12-26(13-17-39)33(41)29-8-7-28(35)19-30(29)36/h2-9,19-20,23,26H,10-18,21-22H2,1H3. The number of sulfone groups is 1. The number of rotatable bonds is 10. The minimum absolute atomic E-state index is 0.00577. The fourth-order valence-electron chi connectivity index (χ4n) is 6.13. The fourth-order valence-corrected chi connectivity index (χ4v) is 6.93. The Morgan fingerprint density at radius 1 is 0.867 bits per heavy atom. The molecule has 1 amide bonds. The third kappa shape index (κ3) is 8.67. The predicted molar refractivity (Wildman–Crippen MR) is 165 cm³/mol. The van der Waals surface area contributed by atoms with E-state index >= 15 is 0 Å². The molecule has 0 spiro atoms. The first-order chi connectivity index (χ1) is 21.4. The van der Waals surface area contributed by atoms with E-state index in [0.717, 1.165) is 55.7 Å². The first kappa shape index (κ1) is 32.6. The van der Waals surface area contributed by atoms with E-state index in [-0.39, 0.29) is 40.4 Å². The van der Waals surface area contributed by atoms with Gasteiger partial charge < -0.3 is 4.90 Å². The summed E-state index contributed by atoms with van der Waals surface area (Å²) < 4.78 is 50.3. The van der Waals surface area contributed by atoms with E-state index in [2.05, 4.69) is 9.88 Å². The Morgan fingerprint density at radius 2 is 1.53 bits per heavy atom. The minimum atomic E-state index is -3.06. The highest BCUT2D eigenvalue weighted by Gasteiger charge is 2.30. The number of pyridine rings is 1. The van der Waals surface area contributed by atoms with Crippen LogP contribution in [0.25, 0.3) is 0 Å². The number of carbonyl (C=O) groups excluding carboxylic acids is 3. The molecule has 0 unspecified atom stereocenters. The Hall–Kier alpha value is -3.83. The zero-order valence-corrected chi connectivity index (χ0v) is 26.1. The van der Waals surface area contributed by atoms with E-state index in [1.807, 2.05) is 24.3 Å². The Kier molecular flexibility index (Phi) is 10.2. The highest BCUT2D eigenvalue weighted by Crippen LogP contribution is 2.26. The zero-order valence-electron chi connectivity index (χ0n) is 25.3. The molecule has 1 aromatic heterocycles. The summed E-state index contributed by atoms with van der Waals surface area (Å²) in [6.45, 7) is 3.15. The quantitative estimate of drug-likeness (QED) is 0.284. The number of amides is 1. The predicted octanol–water partition coefficient (Wildman–Crippen LogP) is 5.12. The minimum Gasteiger partial charge on any atom is -0.337 e. The van der Waals surface area contributed by atoms with Gasteiger partial charge in [0, 0.05) is 56.1 Å². The van der Waals surface area contributed by atoms with Crippen LogP contribution >= 0.6 is 0 Å². The second kappa shape index (κ2) is 14.1. The Labute approximate surface area is 262 Å². The van der Waals surface area contributed by atoms with Crippen molar-refractivity contribution in [2.24, 2.45) is 11.8 Å². The molecule has 0 aliphatic carbocycles. The van der Waals surface area contributed by atoms with Crippen LogP contribution in [0.2, 0.25) is 0 Å². The molecule has 0 N–H and O–H groups in total. The molecule has 238 valence electrons. The molecular formula is C34H37F2N3O5S. The van der Waals surface area contributed by atoms with Crippen LogP contribution in [-0.2, 0) is 22.1 Å². The lowest BCUT2D eigenvalue weighted by Crippen LogP contribution is -2.40. The van der Waals surface area contributed by atoms with Gasteiger partial charge in [-0.15, -0.1) is 0 Å². The number of piperidine rings is 2. The largest absolute Gasteiger partial charge is 0.337 e. The van der Waals surface area contributed by atoms with Crippen LogP contribution in [0.1, 0.15) is 74.4 Å². The van der Waals surface area contributed by atoms with E-state index in [4.69, 9.17) is 0 Å². The van der Waals surface area contributed by atoms with Crippen LogP contribution in [0.15, 0.2) is 60.8 Å². The van der Waals surface area contributed by atoms with E-state index in [1.54, 1.807) is 17.0 Å². The van der Waals surface area contributed by atoms with Gasteiger partial charge in [-0.05, 0) is 80.1 Å². The van der Waals surface area contributed by atoms with Crippen molar-refractivity contribution in [1.82, 2.24) is 14.8 Å². The number of halogens is 2. The Morgan fingerprint density at radius 3 is 2.13 bits per heavy atom. The molecule has 0 atom stereocenters. The van der Waals surface area contributed by atoms with Crippen molar-refractivity contribution in [2.45, 2.75) is 44.4 Å². The van der Waals surface area contributed by atoms with Crippen molar-refractivity contribution in [1.29, 1.82) is 0 Å². The van der Waals surface area contributed by atoms with Gasteiger partial charge in [0.15, 0.2) is 21.4 Å².